The predicted molar refractivity (Wildman–Crippen MR) is 75.7 cm³/mol. The van der Waals surface area contributed by atoms with Gasteiger partial charge in [-0.05, 0) is 31.2 Å². The third-order valence-corrected chi connectivity index (χ3v) is 2.94. The van der Waals surface area contributed by atoms with E-state index in [1.165, 1.54) is 18.2 Å². The maximum absolute atomic E-state index is 13.7. The number of halogens is 2. The Bertz CT molecular complexity index is 677. The normalized spacial score (nSPS) is 11.4. The van der Waals surface area contributed by atoms with Crippen LogP contribution in [0.25, 0.3) is 0 Å². The molecule has 5 nitrogen and oxygen atoms in total. The van der Waals surface area contributed by atoms with Crippen molar-refractivity contribution in [2.45, 2.75) is 6.92 Å². The van der Waals surface area contributed by atoms with Crippen LogP contribution in [0.3, 0.4) is 0 Å². The molecule has 0 spiro atoms. The van der Waals surface area contributed by atoms with Crippen LogP contribution in [-0.4, -0.2) is 16.0 Å². The van der Waals surface area contributed by atoms with Crippen LogP contribution in [0.2, 0.25) is 0 Å². The molecule has 0 unspecified atom stereocenters. The quantitative estimate of drug-likeness (QED) is 0.389. The van der Waals surface area contributed by atoms with Gasteiger partial charge in [0.1, 0.15) is 0 Å². The number of hydrogen-bond donors (Lipinski definition) is 2. The lowest BCUT2D eigenvalue weighted by atomic mass is 10.2. The highest BCUT2D eigenvalue weighted by Crippen LogP contribution is 2.26. The van der Waals surface area contributed by atoms with Crippen molar-refractivity contribution in [2.75, 3.05) is 0 Å². The zero-order valence-electron chi connectivity index (χ0n) is 10.5. The Morgan fingerprint density at radius 2 is 2.15 bits per heavy atom. The van der Waals surface area contributed by atoms with Crippen molar-refractivity contribution in [3.63, 3.8) is 0 Å². The van der Waals surface area contributed by atoms with Crippen LogP contribution >= 0.6 is 15.9 Å². The number of aryl methyl sites for hydroxylation is 1. The Hall–Kier alpha value is -2.15. The van der Waals surface area contributed by atoms with Crippen LogP contribution in [0.5, 0.6) is 11.6 Å². The number of amidine groups is 1. The van der Waals surface area contributed by atoms with Gasteiger partial charge in [-0.15, -0.1) is 0 Å². The minimum absolute atomic E-state index is 0.0387. The monoisotopic (exact) mass is 339 g/mol. The average Bonchev–Trinajstić information content (AvgIpc) is 2.40. The maximum Gasteiger partial charge on any atom is 0.220 e. The molecular weight excluding hydrogens is 329 g/mol. The summed E-state index contributed by atoms with van der Waals surface area (Å²) in [6.07, 6.45) is 0. The molecule has 0 aliphatic rings. The third kappa shape index (κ3) is 3.24. The molecule has 1 aromatic heterocycles. The number of rotatable bonds is 3. The average molecular weight is 340 g/mol. The Morgan fingerprint density at radius 3 is 2.80 bits per heavy atom. The number of aromatic nitrogens is 1. The molecule has 0 aliphatic carbocycles. The molecule has 104 valence electrons. The van der Waals surface area contributed by atoms with E-state index in [0.717, 1.165) is 0 Å². The van der Waals surface area contributed by atoms with E-state index in [0.29, 0.717) is 15.7 Å². The van der Waals surface area contributed by atoms with Gasteiger partial charge in [0.2, 0.25) is 5.88 Å². The fraction of sp³-hybridized carbons (Fsp3) is 0.0769. The summed E-state index contributed by atoms with van der Waals surface area (Å²) in [7, 11) is 0. The zero-order chi connectivity index (χ0) is 14.7. The van der Waals surface area contributed by atoms with E-state index in [4.69, 9.17) is 15.7 Å². The molecular formula is C13H11BrFN3O2. The van der Waals surface area contributed by atoms with Gasteiger partial charge in [-0.25, -0.2) is 9.37 Å². The van der Waals surface area contributed by atoms with Crippen molar-refractivity contribution in [3.05, 3.63) is 51.9 Å². The topological polar surface area (TPSA) is 80.7 Å². The number of nitrogens with zero attached hydrogens (tertiary/aromatic N) is 2. The van der Waals surface area contributed by atoms with Gasteiger partial charge in [0.25, 0.3) is 0 Å². The first-order chi connectivity index (χ1) is 9.49. The summed E-state index contributed by atoms with van der Waals surface area (Å²) in [6.45, 7) is 1.72. The molecule has 0 aliphatic heterocycles. The van der Waals surface area contributed by atoms with Gasteiger partial charge in [0.05, 0.1) is 0 Å². The van der Waals surface area contributed by atoms with Crippen LogP contribution in [0, 0.1) is 12.7 Å². The molecule has 1 aromatic carbocycles. The SMILES string of the molecule is Cc1cc(/C(N)=N/O)cc(Oc2ccc(Br)cc2F)n1. The van der Waals surface area contributed by atoms with E-state index >= 15 is 0 Å². The lowest BCUT2D eigenvalue weighted by Gasteiger charge is -2.08. The number of benzene rings is 1. The Kier molecular flexibility index (Phi) is 4.19. The van der Waals surface area contributed by atoms with Gasteiger partial charge in [-0.1, -0.05) is 21.1 Å². The van der Waals surface area contributed by atoms with E-state index in [-0.39, 0.29) is 17.5 Å². The highest BCUT2D eigenvalue weighted by atomic mass is 79.9. The zero-order valence-corrected chi connectivity index (χ0v) is 12.1. The first-order valence-electron chi connectivity index (χ1n) is 5.59. The molecule has 0 saturated heterocycles. The second-order valence-corrected chi connectivity index (χ2v) is 4.91. The smallest absolute Gasteiger partial charge is 0.220 e. The Morgan fingerprint density at radius 1 is 1.40 bits per heavy atom. The summed E-state index contributed by atoms with van der Waals surface area (Å²) in [6, 6.07) is 7.50. The van der Waals surface area contributed by atoms with Gasteiger partial charge in [0, 0.05) is 21.8 Å². The maximum atomic E-state index is 13.7. The summed E-state index contributed by atoms with van der Waals surface area (Å²) in [4.78, 5) is 4.12. The van der Waals surface area contributed by atoms with Crippen molar-refractivity contribution in [1.29, 1.82) is 0 Å². The number of oxime groups is 1. The molecule has 0 atom stereocenters. The van der Waals surface area contributed by atoms with Crippen LogP contribution in [0.1, 0.15) is 11.3 Å². The Labute approximate surface area is 123 Å². The highest BCUT2D eigenvalue weighted by molar-refractivity contribution is 9.10. The third-order valence-electron chi connectivity index (χ3n) is 2.44. The van der Waals surface area contributed by atoms with Crippen LogP contribution in [0.4, 0.5) is 4.39 Å². The summed E-state index contributed by atoms with van der Waals surface area (Å²) in [5.41, 5.74) is 6.55. The summed E-state index contributed by atoms with van der Waals surface area (Å²) < 4.78 is 19.7. The van der Waals surface area contributed by atoms with Gasteiger partial charge in [0.15, 0.2) is 17.4 Å². The molecule has 0 bridgehead atoms. The minimum Gasteiger partial charge on any atom is -0.436 e. The predicted octanol–water partition coefficient (Wildman–Crippen LogP) is 3.18. The molecule has 0 radical (unpaired) electrons. The molecule has 0 amide bonds. The second kappa shape index (κ2) is 5.87. The minimum atomic E-state index is -0.520. The van der Waals surface area contributed by atoms with Crippen molar-refractivity contribution in [2.24, 2.45) is 10.9 Å². The fourth-order valence-corrected chi connectivity index (χ4v) is 1.90. The van der Waals surface area contributed by atoms with Gasteiger partial charge in [-0.2, -0.15) is 0 Å². The van der Waals surface area contributed by atoms with Crippen molar-refractivity contribution < 1.29 is 14.3 Å². The lowest BCUT2D eigenvalue weighted by Crippen LogP contribution is -2.13. The number of nitrogens with two attached hydrogens (primary N) is 1. The molecule has 20 heavy (non-hydrogen) atoms. The van der Waals surface area contributed by atoms with Gasteiger partial charge in [-0.3, -0.25) is 0 Å². The molecule has 0 fully saturated rings. The van der Waals surface area contributed by atoms with Crippen molar-refractivity contribution in [1.82, 2.24) is 4.98 Å². The number of ether oxygens (including phenoxy) is 1. The standard InChI is InChI=1S/C13H11BrFN3O2/c1-7-4-8(13(16)18-19)5-12(17-7)20-11-3-2-9(14)6-10(11)15/h2-6,19H,1H3,(H2,16,18). The van der Waals surface area contributed by atoms with E-state index < -0.39 is 5.82 Å². The van der Waals surface area contributed by atoms with E-state index in [9.17, 15) is 4.39 Å². The van der Waals surface area contributed by atoms with Crippen LogP contribution < -0.4 is 10.5 Å². The molecule has 3 N–H and O–H groups in total. The summed E-state index contributed by atoms with van der Waals surface area (Å²) >= 11 is 3.16. The van der Waals surface area contributed by atoms with E-state index in [2.05, 4.69) is 26.1 Å². The van der Waals surface area contributed by atoms with E-state index in [1.807, 2.05) is 0 Å². The molecule has 2 aromatic rings. The molecule has 2 rings (SSSR count). The van der Waals surface area contributed by atoms with E-state index in [1.54, 1.807) is 19.1 Å². The first-order valence-corrected chi connectivity index (χ1v) is 6.38. The fourth-order valence-electron chi connectivity index (χ4n) is 1.57. The number of pyridine rings is 1. The summed E-state index contributed by atoms with van der Waals surface area (Å²) in [5, 5.41) is 11.6. The summed E-state index contributed by atoms with van der Waals surface area (Å²) in [5.74, 6) is -0.394. The highest BCUT2D eigenvalue weighted by Gasteiger charge is 2.09. The Balaban J connectivity index is 2.36. The van der Waals surface area contributed by atoms with Gasteiger partial charge < -0.3 is 15.7 Å². The van der Waals surface area contributed by atoms with Crippen molar-refractivity contribution in [3.8, 4) is 11.6 Å². The molecule has 1 heterocycles. The molecule has 0 saturated carbocycles. The van der Waals surface area contributed by atoms with Gasteiger partial charge >= 0.3 is 0 Å². The van der Waals surface area contributed by atoms with Crippen molar-refractivity contribution >= 4 is 21.8 Å². The van der Waals surface area contributed by atoms with Crippen LogP contribution in [-0.2, 0) is 0 Å². The van der Waals surface area contributed by atoms with Crippen LogP contribution in [0.15, 0.2) is 40.0 Å². The first kappa shape index (κ1) is 14.3. The lowest BCUT2D eigenvalue weighted by molar-refractivity contribution is 0.318. The molecule has 7 heteroatoms. The second-order valence-electron chi connectivity index (χ2n) is 4.00. The largest absolute Gasteiger partial charge is 0.436 e. The number of hydrogen-bond acceptors (Lipinski definition) is 4.